The van der Waals surface area contributed by atoms with Crippen LogP contribution in [0.15, 0.2) is 24.7 Å². The van der Waals surface area contributed by atoms with Crippen molar-refractivity contribution in [1.82, 2.24) is 14.6 Å². The molecule has 2 aromatic rings. The fraction of sp³-hybridized carbons (Fsp3) is 0.500. The van der Waals surface area contributed by atoms with Gasteiger partial charge >= 0.3 is 0 Å². The van der Waals surface area contributed by atoms with Crippen LogP contribution >= 0.6 is 0 Å². The van der Waals surface area contributed by atoms with Gasteiger partial charge in [0.05, 0.1) is 11.8 Å². The molecule has 2 aromatic heterocycles. The number of likely N-dealkylation sites (N-methyl/N-ethyl adjacent to an activating group) is 1. The van der Waals surface area contributed by atoms with Crippen molar-refractivity contribution in [2.75, 3.05) is 18.0 Å². The van der Waals surface area contributed by atoms with Gasteiger partial charge in [0.15, 0.2) is 5.82 Å². The highest BCUT2D eigenvalue weighted by Crippen LogP contribution is 2.19. The zero-order chi connectivity index (χ0) is 12.5. The van der Waals surface area contributed by atoms with Crippen LogP contribution in [0.2, 0.25) is 0 Å². The van der Waals surface area contributed by atoms with Gasteiger partial charge in [0.25, 0.3) is 0 Å². The molecule has 0 aromatic carbocycles. The Balaban J connectivity index is 2.39. The van der Waals surface area contributed by atoms with E-state index in [0.717, 1.165) is 17.9 Å². The maximum atomic E-state index is 9.91. The van der Waals surface area contributed by atoms with E-state index in [1.807, 2.05) is 19.2 Å². The number of aromatic nitrogens is 3. The van der Waals surface area contributed by atoms with Crippen LogP contribution < -0.4 is 4.90 Å². The molecule has 5 heteroatoms. The van der Waals surface area contributed by atoms with Crippen LogP contribution in [0.3, 0.4) is 0 Å². The highest BCUT2D eigenvalue weighted by Gasteiger charge is 2.20. The van der Waals surface area contributed by atoms with E-state index in [0.29, 0.717) is 6.54 Å². The van der Waals surface area contributed by atoms with Crippen molar-refractivity contribution in [2.45, 2.75) is 26.4 Å². The summed E-state index contributed by atoms with van der Waals surface area (Å²) >= 11 is 0. The quantitative estimate of drug-likeness (QED) is 0.867. The lowest BCUT2D eigenvalue weighted by Crippen LogP contribution is -2.39. The Morgan fingerprint density at radius 3 is 2.82 bits per heavy atom. The van der Waals surface area contributed by atoms with Crippen LogP contribution in [-0.2, 0) is 0 Å². The second-order valence-corrected chi connectivity index (χ2v) is 4.74. The van der Waals surface area contributed by atoms with Crippen LogP contribution in [0.1, 0.15) is 20.8 Å². The van der Waals surface area contributed by atoms with E-state index in [9.17, 15) is 5.11 Å². The lowest BCUT2D eigenvalue weighted by atomic mass is 10.1. The molecular formula is C12H18N4O. The lowest BCUT2D eigenvalue weighted by molar-refractivity contribution is 0.0874. The highest BCUT2D eigenvalue weighted by molar-refractivity contribution is 5.68. The third-order valence-corrected chi connectivity index (χ3v) is 2.56. The molecule has 0 radical (unpaired) electrons. The fourth-order valence-electron chi connectivity index (χ4n) is 1.89. The van der Waals surface area contributed by atoms with Gasteiger partial charge in [-0.2, -0.15) is 5.10 Å². The molecule has 2 heterocycles. The fourth-order valence-corrected chi connectivity index (χ4v) is 1.89. The number of nitrogens with zero attached hydrogens (tertiary/aromatic N) is 4. The molecule has 92 valence electrons. The summed E-state index contributed by atoms with van der Waals surface area (Å²) in [6.07, 6.45) is 5.29. The Morgan fingerprint density at radius 2 is 2.18 bits per heavy atom. The first-order valence-corrected chi connectivity index (χ1v) is 5.77. The Bertz CT molecular complexity index is 500. The molecule has 0 saturated carbocycles. The summed E-state index contributed by atoms with van der Waals surface area (Å²) < 4.78 is 1.79. The van der Waals surface area contributed by atoms with Gasteiger partial charge in [0.1, 0.15) is 5.52 Å². The van der Waals surface area contributed by atoms with Crippen molar-refractivity contribution < 1.29 is 5.11 Å². The molecule has 0 amide bonds. The molecule has 5 nitrogen and oxygen atoms in total. The molecule has 0 fully saturated rings. The molecule has 0 bridgehead atoms. The summed E-state index contributed by atoms with van der Waals surface area (Å²) in [6, 6.07) is 1.93. The summed E-state index contributed by atoms with van der Waals surface area (Å²) in [5.74, 6) is 0.856. The third kappa shape index (κ3) is 2.55. The molecule has 2 rings (SSSR count). The van der Waals surface area contributed by atoms with Gasteiger partial charge < -0.3 is 10.0 Å². The summed E-state index contributed by atoms with van der Waals surface area (Å²) in [4.78, 5) is 6.44. The average Bonchev–Trinajstić information content (AvgIpc) is 2.72. The molecule has 0 spiro atoms. The maximum Gasteiger partial charge on any atom is 0.154 e. The molecule has 0 aliphatic rings. The van der Waals surface area contributed by atoms with E-state index in [2.05, 4.69) is 15.0 Å². The normalized spacial score (nSPS) is 12.0. The van der Waals surface area contributed by atoms with Crippen LogP contribution in [0.5, 0.6) is 0 Å². The average molecular weight is 234 g/mol. The Morgan fingerprint density at radius 1 is 1.41 bits per heavy atom. The van der Waals surface area contributed by atoms with E-state index in [1.165, 1.54) is 0 Å². The Kier molecular flexibility index (Phi) is 3.02. The van der Waals surface area contributed by atoms with E-state index in [4.69, 9.17) is 0 Å². The number of hydrogen-bond acceptors (Lipinski definition) is 4. The molecule has 0 atom stereocenters. The van der Waals surface area contributed by atoms with Crippen molar-refractivity contribution in [3.05, 3.63) is 24.7 Å². The number of aliphatic hydroxyl groups is 1. The molecule has 0 saturated heterocycles. The van der Waals surface area contributed by atoms with Crippen molar-refractivity contribution in [1.29, 1.82) is 0 Å². The summed E-state index contributed by atoms with van der Waals surface area (Å²) in [5.41, 5.74) is 0.212. The number of hydrogen-bond donors (Lipinski definition) is 1. The smallest absolute Gasteiger partial charge is 0.154 e. The third-order valence-electron chi connectivity index (χ3n) is 2.56. The molecular weight excluding hydrogens is 216 g/mol. The number of fused-ring (bicyclic) bond motifs is 1. The van der Waals surface area contributed by atoms with E-state index >= 15 is 0 Å². The van der Waals surface area contributed by atoms with E-state index in [1.54, 1.807) is 30.8 Å². The SMILES string of the molecule is CCN(CC(C)(C)O)c1nccn2nccc12. The second kappa shape index (κ2) is 4.33. The largest absolute Gasteiger partial charge is 0.389 e. The first kappa shape index (κ1) is 11.9. The lowest BCUT2D eigenvalue weighted by Gasteiger charge is -2.29. The van der Waals surface area contributed by atoms with Crippen LogP contribution in [0.25, 0.3) is 5.52 Å². The molecule has 0 unspecified atom stereocenters. The molecule has 17 heavy (non-hydrogen) atoms. The van der Waals surface area contributed by atoms with E-state index < -0.39 is 5.60 Å². The highest BCUT2D eigenvalue weighted by atomic mass is 16.3. The van der Waals surface area contributed by atoms with Gasteiger partial charge in [-0.25, -0.2) is 9.50 Å². The summed E-state index contributed by atoms with van der Waals surface area (Å²) in [6.45, 7) is 6.98. The number of anilines is 1. The minimum absolute atomic E-state index is 0.543. The molecule has 1 N–H and O–H groups in total. The Hall–Kier alpha value is -1.62. The standard InChI is InChI=1S/C12H18N4O/c1-4-15(9-12(2,3)17)11-10-5-6-14-16(10)8-7-13-11/h5-8,17H,4,9H2,1-3H3. The van der Waals surface area contributed by atoms with Crippen LogP contribution in [0.4, 0.5) is 5.82 Å². The molecule has 0 aliphatic heterocycles. The zero-order valence-electron chi connectivity index (χ0n) is 10.5. The first-order valence-electron chi connectivity index (χ1n) is 5.77. The van der Waals surface area contributed by atoms with E-state index in [-0.39, 0.29) is 0 Å². The number of rotatable bonds is 4. The van der Waals surface area contributed by atoms with Crippen molar-refractivity contribution >= 4 is 11.3 Å². The summed E-state index contributed by atoms with van der Waals surface area (Å²) in [5, 5.41) is 14.1. The van der Waals surface area contributed by atoms with Crippen molar-refractivity contribution in [2.24, 2.45) is 0 Å². The van der Waals surface area contributed by atoms with Gasteiger partial charge in [-0.05, 0) is 26.8 Å². The zero-order valence-corrected chi connectivity index (χ0v) is 10.5. The maximum absolute atomic E-state index is 9.91. The topological polar surface area (TPSA) is 53.7 Å². The van der Waals surface area contributed by atoms with Crippen molar-refractivity contribution in [3.8, 4) is 0 Å². The van der Waals surface area contributed by atoms with Gasteiger partial charge in [0, 0.05) is 25.5 Å². The summed E-state index contributed by atoms with van der Waals surface area (Å²) in [7, 11) is 0. The first-order chi connectivity index (χ1) is 8.01. The van der Waals surface area contributed by atoms with Crippen LogP contribution in [0, 0.1) is 0 Å². The predicted octanol–water partition coefficient (Wildman–Crippen LogP) is 1.33. The van der Waals surface area contributed by atoms with Crippen molar-refractivity contribution in [3.63, 3.8) is 0 Å². The van der Waals surface area contributed by atoms with Gasteiger partial charge in [-0.3, -0.25) is 0 Å². The van der Waals surface area contributed by atoms with Gasteiger partial charge in [-0.15, -0.1) is 0 Å². The molecule has 0 aliphatic carbocycles. The van der Waals surface area contributed by atoms with Gasteiger partial charge in [-0.1, -0.05) is 0 Å². The minimum atomic E-state index is -0.745. The predicted molar refractivity (Wildman–Crippen MR) is 67.2 cm³/mol. The minimum Gasteiger partial charge on any atom is -0.389 e. The second-order valence-electron chi connectivity index (χ2n) is 4.74. The monoisotopic (exact) mass is 234 g/mol. The Labute approximate surface area is 101 Å². The van der Waals surface area contributed by atoms with Gasteiger partial charge in [0.2, 0.25) is 0 Å². The van der Waals surface area contributed by atoms with Crippen LogP contribution in [-0.4, -0.2) is 38.4 Å².